The summed E-state index contributed by atoms with van der Waals surface area (Å²) in [6.07, 6.45) is 3.72. The van der Waals surface area contributed by atoms with Crippen molar-refractivity contribution in [3.05, 3.63) is 52.3 Å². The number of hydrogen-bond donors (Lipinski definition) is 1. The topological polar surface area (TPSA) is 45.2 Å². The highest BCUT2D eigenvalue weighted by molar-refractivity contribution is 9.10. The number of carbonyl (C=O) groups is 1. The number of amides is 1. The minimum atomic E-state index is -0.0509. The normalized spacial score (nSPS) is 10.4. The maximum Gasteiger partial charge on any atom is 0.272 e. The highest BCUT2D eigenvalue weighted by Crippen LogP contribution is 2.26. The van der Waals surface area contributed by atoms with E-state index >= 15 is 0 Å². The highest BCUT2D eigenvalue weighted by atomic mass is 79.9. The van der Waals surface area contributed by atoms with Crippen molar-refractivity contribution in [3.8, 4) is 0 Å². The lowest BCUT2D eigenvalue weighted by Gasteiger charge is -2.17. The first-order chi connectivity index (χ1) is 11.0. The minimum absolute atomic E-state index is 0.0509. The average molecular weight is 376 g/mol. The van der Waals surface area contributed by atoms with E-state index in [4.69, 9.17) is 0 Å². The monoisotopic (exact) mass is 375 g/mol. The Labute approximate surface area is 146 Å². The van der Waals surface area contributed by atoms with Crippen LogP contribution in [0.4, 0.5) is 11.4 Å². The van der Waals surface area contributed by atoms with E-state index in [1.807, 2.05) is 38.2 Å². The SMILES string of the molecule is CCCCN(C)C(=O)c1cc(Nc2ccc(C)cc2Br)ccn1. The van der Waals surface area contributed by atoms with E-state index < -0.39 is 0 Å². The van der Waals surface area contributed by atoms with Gasteiger partial charge in [0.2, 0.25) is 0 Å². The van der Waals surface area contributed by atoms with Gasteiger partial charge in [-0.25, -0.2) is 0 Å². The van der Waals surface area contributed by atoms with Gasteiger partial charge < -0.3 is 10.2 Å². The lowest BCUT2D eigenvalue weighted by Crippen LogP contribution is -2.28. The van der Waals surface area contributed by atoms with Crippen molar-refractivity contribution in [1.82, 2.24) is 9.88 Å². The molecule has 0 aliphatic carbocycles. The number of unbranched alkanes of at least 4 members (excludes halogenated alkanes) is 1. The summed E-state index contributed by atoms with van der Waals surface area (Å²) in [6, 6.07) is 9.74. The summed E-state index contributed by atoms with van der Waals surface area (Å²) >= 11 is 3.55. The summed E-state index contributed by atoms with van der Waals surface area (Å²) in [4.78, 5) is 18.3. The number of nitrogens with zero attached hydrogens (tertiary/aromatic N) is 2. The zero-order valence-electron chi connectivity index (χ0n) is 13.8. The number of carbonyl (C=O) groups excluding carboxylic acids is 1. The fourth-order valence-electron chi connectivity index (χ4n) is 2.19. The van der Waals surface area contributed by atoms with E-state index in [1.165, 1.54) is 5.56 Å². The molecule has 2 aromatic rings. The molecule has 1 amide bonds. The number of rotatable bonds is 6. The molecule has 2 rings (SSSR count). The molecule has 0 atom stereocenters. The number of aryl methyl sites for hydroxylation is 1. The molecule has 122 valence electrons. The molecule has 1 aromatic heterocycles. The quantitative estimate of drug-likeness (QED) is 0.790. The van der Waals surface area contributed by atoms with Gasteiger partial charge in [0.25, 0.3) is 5.91 Å². The largest absolute Gasteiger partial charge is 0.354 e. The predicted molar refractivity (Wildman–Crippen MR) is 98.3 cm³/mol. The van der Waals surface area contributed by atoms with E-state index in [-0.39, 0.29) is 5.91 Å². The molecule has 0 aliphatic rings. The molecule has 4 nitrogen and oxygen atoms in total. The van der Waals surface area contributed by atoms with Crippen molar-refractivity contribution in [3.63, 3.8) is 0 Å². The van der Waals surface area contributed by atoms with E-state index in [1.54, 1.807) is 17.2 Å². The third-order valence-electron chi connectivity index (χ3n) is 3.58. The van der Waals surface area contributed by atoms with Gasteiger partial charge in [0.1, 0.15) is 5.69 Å². The van der Waals surface area contributed by atoms with Gasteiger partial charge in [-0.2, -0.15) is 0 Å². The van der Waals surface area contributed by atoms with E-state index in [0.717, 1.165) is 35.2 Å². The molecule has 1 aromatic carbocycles. The minimum Gasteiger partial charge on any atom is -0.354 e. The maximum absolute atomic E-state index is 12.4. The molecule has 0 unspecified atom stereocenters. The van der Waals surface area contributed by atoms with Crippen LogP contribution in [0.2, 0.25) is 0 Å². The van der Waals surface area contributed by atoms with Gasteiger partial charge in [-0.15, -0.1) is 0 Å². The predicted octanol–water partition coefficient (Wildman–Crippen LogP) is 4.77. The fraction of sp³-hybridized carbons (Fsp3) is 0.333. The van der Waals surface area contributed by atoms with Gasteiger partial charge in [0.15, 0.2) is 0 Å². The van der Waals surface area contributed by atoms with Crippen LogP contribution in [-0.4, -0.2) is 29.4 Å². The summed E-state index contributed by atoms with van der Waals surface area (Å²) in [5.74, 6) is -0.0509. The summed E-state index contributed by atoms with van der Waals surface area (Å²) in [7, 11) is 1.82. The van der Waals surface area contributed by atoms with Crippen LogP contribution >= 0.6 is 15.9 Å². The number of hydrogen-bond acceptors (Lipinski definition) is 3. The first kappa shape index (κ1) is 17.5. The van der Waals surface area contributed by atoms with Crippen molar-refractivity contribution < 1.29 is 4.79 Å². The number of aromatic nitrogens is 1. The van der Waals surface area contributed by atoms with Crippen LogP contribution < -0.4 is 5.32 Å². The van der Waals surface area contributed by atoms with Crippen LogP contribution in [0.15, 0.2) is 41.0 Å². The fourth-order valence-corrected chi connectivity index (χ4v) is 2.79. The maximum atomic E-state index is 12.4. The summed E-state index contributed by atoms with van der Waals surface area (Å²) in [5, 5.41) is 3.32. The lowest BCUT2D eigenvalue weighted by atomic mass is 10.2. The van der Waals surface area contributed by atoms with E-state index in [2.05, 4.69) is 33.2 Å². The summed E-state index contributed by atoms with van der Waals surface area (Å²) in [5.41, 5.74) is 3.44. The average Bonchev–Trinajstić information content (AvgIpc) is 2.55. The molecular formula is C18H22BrN3O. The molecule has 0 fully saturated rings. The van der Waals surface area contributed by atoms with Gasteiger partial charge in [-0.3, -0.25) is 9.78 Å². The van der Waals surface area contributed by atoms with Gasteiger partial charge in [0, 0.05) is 29.9 Å². The molecule has 0 aliphatic heterocycles. The Morgan fingerprint density at radius 2 is 2.09 bits per heavy atom. The number of pyridine rings is 1. The van der Waals surface area contributed by atoms with Crippen LogP contribution in [0.5, 0.6) is 0 Å². The van der Waals surface area contributed by atoms with Crippen LogP contribution in [0.1, 0.15) is 35.8 Å². The number of halogens is 1. The first-order valence-corrected chi connectivity index (χ1v) is 8.55. The van der Waals surface area contributed by atoms with Crippen LogP contribution in [0.3, 0.4) is 0 Å². The van der Waals surface area contributed by atoms with Gasteiger partial charge >= 0.3 is 0 Å². The molecule has 0 saturated carbocycles. The summed E-state index contributed by atoms with van der Waals surface area (Å²) < 4.78 is 0.988. The van der Waals surface area contributed by atoms with Gasteiger partial charge in [-0.1, -0.05) is 19.4 Å². The Balaban J connectivity index is 2.14. The second kappa shape index (κ2) is 8.11. The van der Waals surface area contributed by atoms with Crippen molar-refractivity contribution in [2.75, 3.05) is 18.9 Å². The molecule has 0 bridgehead atoms. The molecule has 1 heterocycles. The van der Waals surface area contributed by atoms with E-state index in [0.29, 0.717) is 5.69 Å². The van der Waals surface area contributed by atoms with Crippen molar-refractivity contribution in [2.45, 2.75) is 26.7 Å². The molecule has 0 saturated heterocycles. The third-order valence-corrected chi connectivity index (χ3v) is 4.23. The molecule has 0 radical (unpaired) electrons. The van der Waals surface area contributed by atoms with Crippen molar-refractivity contribution in [2.24, 2.45) is 0 Å². The standard InChI is InChI=1S/C18H22BrN3O/c1-4-5-10-22(3)18(23)17-12-14(8-9-20-17)21-16-7-6-13(2)11-15(16)19/h6-9,11-12H,4-5,10H2,1-3H3,(H,20,21). The Morgan fingerprint density at radius 1 is 1.30 bits per heavy atom. The summed E-state index contributed by atoms with van der Waals surface area (Å²) in [6.45, 7) is 4.91. The second-order valence-electron chi connectivity index (χ2n) is 5.62. The van der Waals surface area contributed by atoms with Crippen LogP contribution in [-0.2, 0) is 0 Å². The second-order valence-corrected chi connectivity index (χ2v) is 6.47. The zero-order valence-corrected chi connectivity index (χ0v) is 15.4. The smallest absolute Gasteiger partial charge is 0.272 e. The molecule has 23 heavy (non-hydrogen) atoms. The molecule has 1 N–H and O–H groups in total. The van der Waals surface area contributed by atoms with Crippen molar-refractivity contribution >= 4 is 33.2 Å². The van der Waals surface area contributed by atoms with E-state index in [9.17, 15) is 4.79 Å². The number of anilines is 2. The third kappa shape index (κ3) is 4.79. The molecule has 5 heteroatoms. The van der Waals surface area contributed by atoms with Crippen molar-refractivity contribution in [1.29, 1.82) is 0 Å². The van der Waals surface area contributed by atoms with Crippen LogP contribution in [0, 0.1) is 6.92 Å². The Morgan fingerprint density at radius 3 is 2.78 bits per heavy atom. The Bertz CT molecular complexity index is 688. The number of nitrogens with one attached hydrogen (secondary N) is 1. The Hall–Kier alpha value is -1.88. The van der Waals surface area contributed by atoms with Crippen LogP contribution in [0.25, 0.3) is 0 Å². The number of benzene rings is 1. The van der Waals surface area contributed by atoms with Gasteiger partial charge in [0.05, 0.1) is 5.69 Å². The zero-order chi connectivity index (χ0) is 16.8. The van der Waals surface area contributed by atoms with Gasteiger partial charge in [-0.05, 0) is 59.1 Å². The molecule has 0 spiro atoms. The molecular weight excluding hydrogens is 354 g/mol. The first-order valence-electron chi connectivity index (χ1n) is 7.76. The Kier molecular flexibility index (Phi) is 6.16. The highest BCUT2D eigenvalue weighted by Gasteiger charge is 2.13. The lowest BCUT2D eigenvalue weighted by molar-refractivity contribution is 0.0787.